The zero-order valence-electron chi connectivity index (χ0n) is 19.1. The minimum Gasteiger partial charge on any atom is -0.425 e. The van der Waals surface area contributed by atoms with Gasteiger partial charge in [0.1, 0.15) is 5.75 Å². The van der Waals surface area contributed by atoms with Crippen molar-refractivity contribution < 1.29 is 14.3 Å². The van der Waals surface area contributed by atoms with E-state index in [-0.39, 0.29) is 5.97 Å². The number of ether oxygens (including phenoxy) is 2. The average Bonchev–Trinajstić information content (AvgIpc) is 2.79. The van der Waals surface area contributed by atoms with Crippen LogP contribution in [-0.2, 0) is 16.0 Å². The van der Waals surface area contributed by atoms with Gasteiger partial charge in [0.25, 0.3) is 0 Å². The first-order valence-corrected chi connectivity index (χ1v) is 11.7. The number of benzene rings is 1. The largest absolute Gasteiger partial charge is 0.425 e. The van der Waals surface area contributed by atoms with Crippen molar-refractivity contribution in [2.24, 2.45) is 0 Å². The average molecular weight is 424 g/mol. The molecule has 2 aromatic rings. The Bertz CT molecular complexity index is 766. The summed E-state index contributed by atoms with van der Waals surface area (Å²) in [5.74, 6) is 0.221. The highest BCUT2D eigenvalue weighted by atomic mass is 16.5. The van der Waals surface area contributed by atoms with Gasteiger partial charge in [0.2, 0.25) is 0 Å². The Kier molecular flexibility index (Phi) is 12.3. The van der Waals surface area contributed by atoms with Crippen molar-refractivity contribution in [1.82, 2.24) is 4.98 Å². The van der Waals surface area contributed by atoms with Gasteiger partial charge in [-0.2, -0.15) is 0 Å². The molecular formula is C27H37NO3. The van der Waals surface area contributed by atoms with Crippen LogP contribution in [0.15, 0.2) is 54.7 Å². The van der Waals surface area contributed by atoms with Crippen molar-refractivity contribution in [3.05, 3.63) is 60.3 Å². The van der Waals surface area contributed by atoms with Gasteiger partial charge < -0.3 is 9.47 Å². The Morgan fingerprint density at radius 1 is 0.903 bits per heavy atom. The lowest BCUT2D eigenvalue weighted by Gasteiger charge is -2.06. The molecule has 4 heteroatoms. The summed E-state index contributed by atoms with van der Waals surface area (Å²) in [6.07, 6.45) is 14.8. The second kappa shape index (κ2) is 15.4. The van der Waals surface area contributed by atoms with E-state index in [9.17, 15) is 4.79 Å². The Labute approximate surface area is 187 Å². The molecule has 0 atom stereocenters. The van der Waals surface area contributed by atoms with Gasteiger partial charge in [0.05, 0.1) is 18.3 Å². The van der Waals surface area contributed by atoms with Gasteiger partial charge in [-0.1, -0.05) is 69.5 Å². The number of hydrogen-bond donors (Lipinski definition) is 0. The first kappa shape index (κ1) is 24.8. The summed E-state index contributed by atoms with van der Waals surface area (Å²) in [6, 6.07) is 12.2. The Balaban J connectivity index is 1.74. The molecule has 168 valence electrons. The topological polar surface area (TPSA) is 48.4 Å². The van der Waals surface area contributed by atoms with E-state index < -0.39 is 0 Å². The maximum absolute atomic E-state index is 11.9. The van der Waals surface area contributed by atoms with E-state index in [1.54, 1.807) is 12.3 Å². The van der Waals surface area contributed by atoms with Crippen molar-refractivity contribution in [2.75, 3.05) is 13.2 Å². The van der Waals surface area contributed by atoms with Crippen LogP contribution in [-0.4, -0.2) is 24.2 Å². The normalized spacial score (nSPS) is 11.2. The fraction of sp³-hybridized carbons (Fsp3) is 0.481. The van der Waals surface area contributed by atoms with Crippen LogP contribution in [0.2, 0.25) is 0 Å². The number of carbonyl (C=O) groups excluding carboxylic acids is 1. The lowest BCUT2D eigenvalue weighted by Crippen LogP contribution is -2.06. The molecule has 0 spiro atoms. The Morgan fingerprint density at radius 2 is 1.74 bits per heavy atom. The number of aryl methyl sites for hydroxylation is 1. The number of carbonyl (C=O) groups is 1. The first-order valence-electron chi connectivity index (χ1n) is 11.7. The number of pyridine rings is 1. The summed E-state index contributed by atoms with van der Waals surface area (Å²) in [7, 11) is 0. The van der Waals surface area contributed by atoms with Crippen LogP contribution in [0.4, 0.5) is 0 Å². The maximum atomic E-state index is 11.9. The summed E-state index contributed by atoms with van der Waals surface area (Å²) in [5.41, 5.74) is 3.28. The number of esters is 1. The number of hydrogen-bond acceptors (Lipinski definition) is 4. The molecule has 0 aliphatic heterocycles. The molecule has 31 heavy (non-hydrogen) atoms. The van der Waals surface area contributed by atoms with Gasteiger partial charge in [-0.3, -0.25) is 9.78 Å². The molecule has 0 radical (unpaired) electrons. The predicted octanol–water partition coefficient (Wildman–Crippen LogP) is 6.93. The van der Waals surface area contributed by atoms with Gasteiger partial charge in [0, 0.05) is 18.8 Å². The molecular weight excluding hydrogens is 386 g/mol. The van der Waals surface area contributed by atoms with Crippen LogP contribution >= 0.6 is 0 Å². The van der Waals surface area contributed by atoms with E-state index in [2.05, 4.69) is 43.1 Å². The molecule has 0 aliphatic rings. The molecule has 1 aromatic heterocycles. The van der Waals surface area contributed by atoms with Crippen LogP contribution in [0.25, 0.3) is 11.3 Å². The van der Waals surface area contributed by atoms with Crippen molar-refractivity contribution in [1.29, 1.82) is 0 Å². The highest BCUT2D eigenvalue weighted by Crippen LogP contribution is 2.21. The number of rotatable bonds is 15. The molecule has 0 saturated heterocycles. The van der Waals surface area contributed by atoms with E-state index in [4.69, 9.17) is 9.47 Å². The predicted molar refractivity (Wildman–Crippen MR) is 127 cm³/mol. The van der Waals surface area contributed by atoms with E-state index in [0.29, 0.717) is 12.2 Å². The molecule has 2 rings (SSSR count). The highest BCUT2D eigenvalue weighted by molar-refractivity contribution is 5.74. The fourth-order valence-electron chi connectivity index (χ4n) is 3.20. The molecule has 0 N–H and O–H groups in total. The lowest BCUT2D eigenvalue weighted by molar-refractivity contribution is -0.133. The van der Waals surface area contributed by atoms with Crippen LogP contribution in [0.3, 0.4) is 0 Å². The lowest BCUT2D eigenvalue weighted by atomic mass is 10.0. The fourth-order valence-corrected chi connectivity index (χ4v) is 3.20. The van der Waals surface area contributed by atoms with Crippen molar-refractivity contribution in [3.8, 4) is 17.0 Å². The molecule has 1 aromatic carbocycles. The van der Waals surface area contributed by atoms with E-state index >= 15 is 0 Å². The van der Waals surface area contributed by atoms with Gasteiger partial charge in [0.15, 0.2) is 0 Å². The Morgan fingerprint density at radius 3 is 2.45 bits per heavy atom. The van der Waals surface area contributed by atoms with Gasteiger partial charge in [-0.25, -0.2) is 0 Å². The van der Waals surface area contributed by atoms with Crippen LogP contribution in [0, 0.1) is 0 Å². The maximum Gasteiger partial charge on any atom is 0.315 e. The van der Waals surface area contributed by atoms with Crippen molar-refractivity contribution in [3.63, 3.8) is 0 Å². The second-order valence-corrected chi connectivity index (χ2v) is 7.79. The van der Waals surface area contributed by atoms with Crippen LogP contribution in [0.1, 0.15) is 70.8 Å². The minimum absolute atomic E-state index is 0.261. The van der Waals surface area contributed by atoms with E-state index in [1.807, 2.05) is 18.2 Å². The molecule has 0 bridgehead atoms. The third kappa shape index (κ3) is 10.4. The molecule has 1 heterocycles. The molecule has 4 nitrogen and oxygen atoms in total. The third-order valence-corrected chi connectivity index (χ3v) is 5.00. The number of aromatic nitrogens is 1. The summed E-state index contributed by atoms with van der Waals surface area (Å²) in [6.45, 7) is 6.03. The van der Waals surface area contributed by atoms with Gasteiger partial charge in [-0.05, 0) is 49.8 Å². The monoisotopic (exact) mass is 423 g/mol. The zero-order valence-corrected chi connectivity index (χ0v) is 19.1. The van der Waals surface area contributed by atoms with Gasteiger partial charge in [-0.15, -0.1) is 0 Å². The van der Waals surface area contributed by atoms with E-state index in [0.717, 1.165) is 63.0 Å². The van der Waals surface area contributed by atoms with Gasteiger partial charge >= 0.3 is 5.97 Å². The van der Waals surface area contributed by atoms with Crippen molar-refractivity contribution >= 4 is 5.97 Å². The first-order chi connectivity index (χ1) is 15.2. The van der Waals surface area contributed by atoms with Crippen LogP contribution in [0.5, 0.6) is 5.75 Å². The smallest absolute Gasteiger partial charge is 0.315 e. The standard InChI is InChI=1S/C27H37NO3/c1-3-5-6-7-10-13-27(29)31-25-18-19-26(28-22-25)24-16-14-23(15-17-24)12-9-8-11-21-30-20-4-2/h7,10,14-19,22H,3-6,8-9,11-13,20-21H2,1-2H3/b10-7-. The number of allylic oxidation sites excluding steroid dienone is 1. The summed E-state index contributed by atoms with van der Waals surface area (Å²) in [5, 5.41) is 0. The Hall–Kier alpha value is -2.46. The molecule has 0 fully saturated rings. The van der Waals surface area contributed by atoms with E-state index in [1.165, 1.54) is 18.4 Å². The summed E-state index contributed by atoms with van der Waals surface area (Å²) < 4.78 is 10.9. The summed E-state index contributed by atoms with van der Waals surface area (Å²) in [4.78, 5) is 16.4. The van der Waals surface area contributed by atoms with Crippen LogP contribution < -0.4 is 4.74 Å². The quantitative estimate of drug-likeness (QED) is 0.177. The second-order valence-electron chi connectivity index (χ2n) is 7.79. The molecule has 0 saturated carbocycles. The highest BCUT2D eigenvalue weighted by Gasteiger charge is 2.05. The minimum atomic E-state index is -0.261. The molecule has 0 aliphatic carbocycles. The molecule has 0 amide bonds. The third-order valence-electron chi connectivity index (χ3n) is 5.00. The van der Waals surface area contributed by atoms with Crippen molar-refractivity contribution in [2.45, 2.75) is 71.6 Å². The zero-order chi connectivity index (χ0) is 22.2. The SMILES string of the molecule is CCCC/C=C\CC(=O)Oc1ccc(-c2ccc(CCCCCOCCC)cc2)nc1. The number of nitrogens with zero attached hydrogens (tertiary/aromatic N) is 1. The number of unbranched alkanes of at least 4 members (excludes halogenated alkanes) is 4. The summed E-state index contributed by atoms with van der Waals surface area (Å²) >= 11 is 0. The molecule has 0 unspecified atom stereocenters.